The molecule has 0 aliphatic heterocycles. The van der Waals surface area contributed by atoms with Crippen molar-refractivity contribution in [1.29, 1.82) is 0 Å². The van der Waals surface area contributed by atoms with Crippen LogP contribution in [0.2, 0.25) is 0 Å². The minimum absolute atomic E-state index is 0.263. The SMILES string of the molecule is CCCSC(c1ccc(C)cc1)C(N)CC. The second-order valence-corrected chi connectivity index (χ2v) is 5.52. The van der Waals surface area contributed by atoms with Crippen LogP contribution >= 0.6 is 11.8 Å². The zero-order valence-corrected chi connectivity index (χ0v) is 11.4. The molecule has 0 aromatic heterocycles. The van der Waals surface area contributed by atoms with E-state index < -0.39 is 0 Å². The molecule has 2 heteroatoms. The third kappa shape index (κ3) is 3.84. The van der Waals surface area contributed by atoms with Crippen molar-refractivity contribution >= 4 is 11.8 Å². The quantitative estimate of drug-likeness (QED) is 0.811. The molecule has 1 aromatic rings. The van der Waals surface area contributed by atoms with E-state index in [-0.39, 0.29) is 6.04 Å². The molecule has 0 bridgehead atoms. The molecule has 0 amide bonds. The van der Waals surface area contributed by atoms with Gasteiger partial charge in [-0.2, -0.15) is 11.8 Å². The highest BCUT2D eigenvalue weighted by Gasteiger charge is 2.18. The normalized spacial score (nSPS) is 14.8. The van der Waals surface area contributed by atoms with Crippen LogP contribution in [0.5, 0.6) is 0 Å². The molecule has 0 aliphatic rings. The molecule has 0 spiro atoms. The lowest BCUT2D eigenvalue weighted by Gasteiger charge is -2.23. The zero-order chi connectivity index (χ0) is 12.0. The largest absolute Gasteiger partial charge is 0.326 e. The summed E-state index contributed by atoms with van der Waals surface area (Å²) in [6.07, 6.45) is 2.25. The fourth-order valence-electron chi connectivity index (χ4n) is 1.68. The van der Waals surface area contributed by atoms with E-state index >= 15 is 0 Å². The van der Waals surface area contributed by atoms with Crippen LogP contribution in [-0.2, 0) is 0 Å². The number of hydrogen-bond acceptors (Lipinski definition) is 2. The first-order chi connectivity index (χ1) is 7.69. The molecule has 0 aliphatic carbocycles. The van der Waals surface area contributed by atoms with Crippen molar-refractivity contribution in [2.24, 2.45) is 5.73 Å². The van der Waals surface area contributed by atoms with Crippen LogP contribution in [-0.4, -0.2) is 11.8 Å². The Morgan fingerprint density at radius 2 is 1.81 bits per heavy atom. The molecule has 0 fully saturated rings. The van der Waals surface area contributed by atoms with Gasteiger partial charge in [0.05, 0.1) is 0 Å². The number of rotatable bonds is 6. The van der Waals surface area contributed by atoms with E-state index in [4.69, 9.17) is 5.73 Å². The van der Waals surface area contributed by atoms with Gasteiger partial charge in [0.2, 0.25) is 0 Å². The number of nitrogens with two attached hydrogens (primary N) is 1. The molecule has 0 radical (unpaired) electrons. The fraction of sp³-hybridized carbons (Fsp3) is 0.571. The molecule has 1 aromatic carbocycles. The number of hydrogen-bond donors (Lipinski definition) is 1. The Hall–Kier alpha value is -0.470. The summed E-state index contributed by atoms with van der Waals surface area (Å²) in [5.41, 5.74) is 8.89. The highest BCUT2D eigenvalue weighted by Crippen LogP contribution is 2.32. The summed E-state index contributed by atoms with van der Waals surface area (Å²) >= 11 is 1.99. The van der Waals surface area contributed by atoms with Gasteiger partial charge in [-0.3, -0.25) is 0 Å². The van der Waals surface area contributed by atoms with E-state index in [1.165, 1.54) is 23.3 Å². The number of thioether (sulfide) groups is 1. The van der Waals surface area contributed by atoms with E-state index in [2.05, 4.69) is 45.0 Å². The number of aryl methyl sites for hydroxylation is 1. The molecule has 0 saturated carbocycles. The molecule has 1 nitrogen and oxygen atoms in total. The topological polar surface area (TPSA) is 26.0 Å². The molecule has 2 atom stereocenters. The standard InChI is InChI=1S/C14H23NS/c1-4-10-16-14(13(15)5-2)12-8-6-11(3)7-9-12/h6-9,13-14H,4-5,10,15H2,1-3H3. The summed E-state index contributed by atoms with van der Waals surface area (Å²) in [4.78, 5) is 0. The van der Waals surface area contributed by atoms with Crippen molar-refractivity contribution in [1.82, 2.24) is 0 Å². The molecule has 2 unspecified atom stereocenters. The van der Waals surface area contributed by atoms with Crippen molar-refractivity contribution in [3.63, 3.8) is 0 Å². The van der Waals surface area contributed by atoms with Gasteiger partial charge in [0.1, 0.15) is 0 Å². The van der Waals surface area contributed by atoms with E-state index in [0.717, 1.165) is 6.42 Å². The van der Waals surface area contributed by atoms with Crippen molar-refractivity contribution in [2.45, 2.75) is 44.9 Å². The Morgan fingerprint density at radius 3 is 2.31 bits per heavy atom. The fourth-order valence-corrected chi connectivity index (χ4v) is 2.96. The van der Waals surface area contributed by atoms with E-state index in [0.29, 0.717) is 5.25 Å². The van der Waals surface area contributed by atoms with Crippen molar-refractivity contribution in [3.05, 3.63) is 35.4 Å². The molecule has 1 rings (SSSR count). The first kappa shape index (κ1) is 13.6. The van der Waals surface area contributed by atoms with E-state index in [1.54, 1.807) is 0 Å². The predicted octanol–water partition coefficient (Wildman–Crippen LogP) is 3.92. The molecule has 2 N–H and O–H groups in total. The van der Waals surface area contributed by atoms with Crippen LogP contribution in [0.3, 0.4) is 0 Å². The second-order valence-electron chi connectivity index (χ2n) is 4.27. The molecule has 90 valence electrons. The van der Waals surface area contributed by atoms with Gasteiger partial charge in [0.25, 0.3) is 0 Å². The summed E-state index contributed by atoms with van der Waals surface area (Å²) in [5.74, 6) is 1.19. The summed E-state index contributed by atoms with van der Waals surface area (Å²) in [5, 5.41) is 0.450. The molecule has 0 heterocycles. The van der Waals surface area contributed by atoms with Gasteiger partial charge in [-0.05, 0) is 31.1 Å². The number of benzene rings is 1. The first-order valence-electron chi connectivity index (χ1n) is 6.12. The Kier molecular flexibility index (Phi) is 5.93. The Balaban J connectivity index is 2.78. The van der Waals surface area contributed by atoms with Crippen LogP contribution < -0.4 is 5.73 Å². The maximum absolute atomic E-state index is 6.21. The lowest BCUT2D eigenvalue weighted by Crippen LogP contribution is -2.25. The van der Waals surface area contributed by atoms with Gasteiger partial charge >= 0.3 is 0 Å². The zero-order valence-electron chi connectivity index (χ0n) is 10.6. The van der Waals surface area contributed by atoms with Gasteiger partial charge < -0.3 is 5.73 Å². The van der Waals surface area contributed by atoms with Gasteiger partial charge in [0.15, 0.2) is 0 Å². The molecule has 0 saturated heterocycles. The average molecular weight is 237 g/mol. The van der Waals surface area contributed by atoms with Crippen molar-refractivity contribution in [3.8, 4) is 0 Å². The summed E-state index contributed by atoms with van der Waals surface area (Å²) in [7, 11) is 0. The Bertz CT molecular complexity index is 294. The second kappa shape index (κ2) is 6.97. The highest BCUT2D eigenvalue weighted by molar-refractivity contribution is 7.99. The van der Waals surface area contributed by atoms with Crippen LogP contribution in [0.4, 0.5) is 0 Å². The first-order valence-corrected chi connectivity index (χ1v) is 7.17. The summed E-state index contributed by atoms with van der Waals surface area (Å²) < 4.78 is 0. The third-order valence-electron chi connectivity index (χ3n) is 2.77. The maximum atomic E-state index is 6.21. The monoisotopic (exact) mass is 237 g/mol. The van der Waals surface area contributed by atoms with Crippen molar-refractivity contribution in [2.75, 3.05) is 5.75 Å². The Labute approximate surface area is 104 Å². The van der Waals surface area contributed by atoms with Gasteiger partial charge in [0, 0.05) is 11.3 Å². The summed E-state index contributed by atoms with van der Waals surface area (Å²) in [6, 6.07) is 9.06. The molecular weight excluding hydrogens is 214 g/mol. The third-order valence-corrected chi connectivity index (χ3v) is 4.39. The van der Waals surface area contributed by atoms with Gasteiger partial charge in [-0.25, -0.2) is 0 Å². The Morgan fingerprint density at radius 1 is 1.19 bits per heavy atom. The van der Waals surface area contributed by atoms with Crippen LogP contribution in [0, 0.1) is 6.92 Å². The lowest BCUT2D eigenvalue weighted by molar-refractivity contribution is 0.634. The predicted molar refractivity (Wildman–Crippen MR) is 74.9 cm³/mol. The minimum atomic E-state index is 0.263. The van der Waals surface area contributed by atoms with Crippen LogP contribution in [0.15, 0.2) is 24.3 Å². The highest BCUT2D eigenvalue weighted by atomic mass is 32.2. The lowest BCUT2D eigenvalue weighted by atomic mass is 10.0. The smallest absolute Gasteiger partial charge is 0.0448 e. The molecule has 16 heavy (non-hydrogen) atoms. The van der Waals surface area contributed by atoms with E-state index in [9.17, 15) is 0 Å². The van der Waals surface area contributed by atoms with Crippen molar-refractivity contribution < 1.29 is 0 Å². The van der Waals surface area contributed by atoms with Gasteiger partial charge in [-0.15, -0.1) is 0 Å². The molecular formula is C14H23NS. The average Bonchev–Trinajstić information content (AvgIpc) is 2.31. The van der Waals surface area contributed by atoms with Gasteiger partial charge in [-0.1, -0.05) is 43.7 Å². The maximum Gasteiger partial charge on any atom is 0.0448 e. The van der Waals surface area contributed by atoms with E-state index in [1.807, 2.05) is 11.8 Å². The van der Waals surface area contributed by atoms with Crippen LogP contribution in [0.25, 0.3) is 0 Å². The summed E-state index contributed by atoms with van der Waals surface area (Å²) in [6.45, 7) is 6.51. The minimum Gasteiger partial charge on any atom is -0.326 e. The van der Waals surface area contributed by atoms with Crippen LogP contribution in [0.1, 0.15) is 43.1 Å².